The lowest BCUT2D eigenvalue weighted by Gasteiger charge is -2.10. The van der Waals surface area contributed by atoms with Crippen molar-refractivity contribution in [2.75, 3.05) is 12.4 Å². The van der Waals surface area contributed by atoms with Crippen LogP contribution < -0.4 is 10.1 Å². The molecule has 33 heavy (non-hydrogen) atoms. The van der Waals surface area contributed by atoms with Crippen molar-refractivity contribution in [2.45, 2.75) is 20.8 Å². The molecule has 0 aliphatic rings. The Morgan fingerprint density at radius 1 is 1.12 bits per heavy atom. The topological polar surface area (TPSA) is 106 Å². The first-order chi connectivity index (χ1) is 16.0. The summed E-state index contributed by atoms with van der Waals surface area (Å²) in [5.41, 5.74) is 6.14. The highest BCUT2D eigenvalue weighted by molar-refractivity contribution is 6.13. The van der Waals surface area contributed by atoms with Gasteiger partial charge in [-0.2, -0.15) is 5.10 Å². The molecule has 0 unspecified atom stereocenters. The highest BCUT2D eigenvalue weighted by atomic mass is 16.5. The molecule has 6 aromatic rings. The van der Waals surface area contributed by atoms with Gasteiger partial charge in [0, 0.05) is 22.7 Å². The third-order valence-electron chi connectivity index (χ3n) is 5.87. The number of anilines is 2. The summed E-state index contributed by atoms with van der Waals surface area (Å²) in [5.74, 6) is 2.83. The molecule has 0 amide bonds. The average molecular weight is 439 g/mol. The van der Waals surface area contributed by atoms with Gasteiger partial charge < -0.3 is 19.6 Å². The molecule has 9 nitrogen and oxygen atoms in total. The van der Waals surface area contributed by atoms with Gasteiger partial charge in [-0.1, -0.05) is 11.2 Å². The van der Waals surface area contributed by atoms with E-state index in [2.05, 4.69) is 31.6 Å². The molecule has 0 bridgehead atoms. The van der Waals surface area contributed by atoms with Gasteiger partial charge in [-0.3, -0.25) is 0 Å². The Balaban J connectivity index is 1.59. The van der Waals surface area contributed by atoms with E-state index in [1.165, 1.54) is 0 Å². The minimum absolute atomic E-state index is 0.658. The smallest absolute Gasteiger partial charge is 0.144 e. The number of nitrogens with zero attached hydrogens (tertiary/aromatic N) is 5. The first-order valence-corrected chi connectivity index (χ1v) is 10.5. The molecule has 6 rings (SSSR count). The first-order valence-electron chi connectivity index (χ1n) is 10.5. The van der Waals surface area contributed by atoms with Crippen LogP contribution >= 0.6 is 0 Å². The summed E-state index contributed by atoms with van der Waals surface area (Å²) >= 11 is 0. The van der Waals surface area contributed by atoms with E-state index in [0.29, 0.717) is 11.6 Å². The summed E-state index contributed by atoms with van der Waals surface area (Å²) in [5, 5.41) is 13.8. The van der Waals surface area contributed by atoms with E-state index < -0.39 is 0 Å². The fraction of sp³-hybridized carbons (Fsp3) is 0.167. The van der Waals surface area contributed by atoms with Crippen molar-refractivity contribution in [1.82, 2.24) is 29.7 Å². The van der Waals surface area contributed by atoms with Crippen molar-refractivity contribution >= 4 is 39.0 Å². The standard InChI is InChI=1S/C24H21N7O2/c1-12-21(13(2)33-30-12)16-9-17-15(10-20(16)32-4)22-23(28-17)26-14(3)27-24(22)29-18-11-25-31-8-6-5-7-19(18)31/h5-11H,1-4H3,(H2,26,27,28,29). The van der Waals surface area contributed by atoms with Crippen LogP contribution in [0.4, 0.5) is 11.5 Å². The number of pyridine rings is 1. The number of H-pyrrole nitrogens is 1. The number of fused-ring (bicyclic) bond motifs is 4. The molecule has 0 spiro atoms. The third kappa shape index (κ3) is 2.93. The van der Waals surface area contributed by atoms with E-state index in [4.69, 9.17) is 14.2 Å². The van der Waals surface area contributed by atoms with E-state index in [0.717, 1.165) is 61.5 Å². The van der Waals surface area contributed by atoms with Crippen molar-refractivity contribution in [1.29, 1.82) is 0 Å². The molecule has 1 aromatic carbocycles. The Hall–Kier alpha value is -4.40. The van der Waals surface area contributed by atoms with E-state index >= 15 is 0 Å². The monoisotopic (exact) mass is 439 g/mol. The Labute approximate surface area is 188 Å². The lowest BCUT2D eigenvalue weighted by Crippen LogP contribution is -1.98. The van der Waals surface area contributed by atoms with Crippen molar-refractivity contribution in [3.05, 3.63) is 60.0 Å². The van der Waals surface area contributed by atoms with Crippen LogP contribution in [0.3, 0.4) is 0 Å². The van der Waals surface area contributed by atoms with Gasteiger partial charge in [-0.05, 0) is 45.0 Å². The number of hydrogen-bond acceptors (Lipinski definition) is 7. The number of aryl methyl sites for hydroxylation is 3. The minimum Gasteiger partial charge on any atom is -0.496 e. The highest BCUT2D eigenvalue weighted by Gasteiger charge is 2.21. The summed E-state index contributed by atoms with van der Waals surface area (Å²) in [6, 6.07) is 10.00. The maximum Gasteiger partial charge on any atom is 0.144 e. The Morgan fingerprint density at radius 2 is 2.00 bits per heavy atom. The zero-order valence-corrected chi connectivity index (χ0v) is 18.6. The van der Waals surface area contributed by atoms with Gasteiger partial charge in [0.1, 0.15) is 28.8 Å². The zero-order chi connectivity index (χ0) is 22.7. The fourth-order valence-electron chi connectivity index (χ4n) is 4.42. The maximum atomic E-state index is 5.77. The number of hydrogen-bond donors (Lipinski definition) is 2. The molecule has 0 saturated heterocycles. The molecule has 0 aliphatic carbocycles. The number of benzene rings is 1. The minimum atomic E-state index is 0.658. The van der Waals surface area contributed by atoms with E-state index in [1.54, 1.807) is 13.3 Å². The Bertz CT molecular complexity index is 1660. The lowest BCUT2D eigenvalue weighted by molar-refractivity contribution is 0.393. The second-order valence-electron chi connectivity index (χ2n) is 7.98. The molecule has 5 heterocycles. The van der Waals surface area contributed by atoms with Gasteiger partial charge >= 0.3 is 0 Å². The second kappa shape index (κ2) is 7.06. The average Bonchev–Trinajstić information content (AvgIpc) is 3.47. The second-order valence-corrected chi connectivity index (χ2v) is 7.98. The number of aromatic nitrogens is 6. The predicted molar refractivity (Wildman–Crippen MR) is 126 cm³/mol. The van der Waals surface area contributed by atoms with Gasteiger partial charge in [0.15, 0.2) is 0 Å². The summed E-state index contributed by atoms with van der Waals surface area (Å²) < 4.78 is 13.0. The third-order valence-corrected chi connectivity index (χ3v) is 5.87. The van der Waals surface area contributed by atoms with Crippen LogP contribution in [0, 0.1) is 20.8 Å². The van der Waals surface area contributed by atoms with Crippen LogP contribution in [0.2, 0.25) is 0 Å². The first kappa shape index (κ1) is 19.3. The van der Waals surface area contributed by atoms with Crippen molar-refractivity contribution in [3.63, 3.8) is 0 Å². The maximum absolute atomic E-state index is 5.77. The molecule has 0 saturated carbocycles. The molecule has 0 radical (unpaired) electrons. The quantitative estimate of drug-likeness (QED) is 0.394. The molecule has 9 heteroatoms. The van der Waals surface area contributed by atoms with Gasteiger partial charge in [-0.15, -0.1) is 0 Å². The van der Waals surface area contributed by atoms with Crippen LogP contribution in [0.15, 0.2) is 47.2 Å². The van der Waals surface area contributed by atoms with Crippen LogP contribution in [0.5, 0.6) is 5.75 Å². The van der Waals surface area contributed by atoms with Crippen LogP contribution in [-0.4, -0.2) is 36.8 Å². The zero-order valence-electron chi connectivity index (χ0n) is 18.6. The van der Waals surface area contributed by atoms with Crippen LogP contribution in [0.1, 0.15) is 17.3 Å². The number of aromatic amines is 1. The molecule has 0 aliphatic heterocycles. The molecular formula is C24H21N7O2. The predicted octanol–water partition coefficient (Wildman–Crippen LogP) is 5.09. The summed E-state index contributed by atoms with van der Waals surface area (Å²) in [4.78, 5) is 12.8. The van der Waals surface area contributed by atoms with Crippen molar-refractivity contribution in [2.24, 2.45) is 0 Å². The molecule has 0 atom stereocenters. The molecular weight excluding hydrogens is 418 g/mol. The van der Waals surface area contributed by atoms with Gasteiger partial charge in [0.2, 0.25) is 0 Å². The molecule has 0 fully saturated rings. The highest BCUT2D eigenvalue weighted by Crippen LogP contribution is 2.41. The summed E-state index contributed by atoms with van der Waals surface area (Å²) in [7, 11) is 1.66. The van der Waals surface area contributed by atoms with E-state index in [1.807, 2.05) is 55.7 Å². The van der Waals surface area contributed by atoms with Crippen molar-refractivity contribution < 1.29 is 9.26 Å². The van der Waals surface area contributed by atoms with Crippen LogP contribution in [-0.2, 0) is 0 Å². The van der Waals surface area contributed by atoms with Gasteiger partial charge in [-0.25, -0.2) is 14.5 Å². The molecule has 164 valence electrons. The number of methoxy groups -OCH3 is 1. The number of rotatable bonds is 4. The van der Waals surface area contributed by atoms with E-state index in [9.17, 15) is 0 Å². The fourth-order valence-corrected chi connectivity index (χ4v) is 4.42. The SMILES string of the molecule is COc1cc2c(cc1-c1c(C)noc1C)[nH]c1nc(C)nc(Nc3cnn4ccccc34)c12. The van der Waals surface area contributed by atoms with Gasteiger partial charge in [0.25, 0.3) is 0 Å². The van der Waals surface area contributed by atoms with Crippen molar-refractivity contribution in [3.8, 4) is 16.9 Å². The van der Waals surface area contributed by atoms with E-state index in [-0.39, 0.29) is 0 Å². The number of ether oxygens (including phenoxy) is 1. The largest absolute Gasteiger partial charge is 0.496 e. The Kier molecular flexibility index (Phi) is 4.13. The van der Waals surface area contributed by atoms with Crippen LogP contribution in [0.25, 0.3) is 38.6 Å². The number of nitrogens with one attached hydrogen (secondary N) is 2. The lowest BCUT2D eigenvalue weighted by atomic mass is 10.0. The van der Waals surface area contributed by atoms with Gasteiger partial charge in [0.05, 0.1) is 41.2 Å². The normalized spacial score (nSPS) is 11.6. The molecule has 5 aromatic heterocycles. The molecule has 2 N–H and O–H groups in total. The Morgan fingerprint density at radius 3 is 2.79 bits per heavy atom. The summed E-state index contributed by atoms with van der Waals surface area (Å²) in [6.07, 6.45) is 3.71. The summed E-state index contributed by atoms with van der Waals surface area (Å²) in [6.45, 7) is 5.70.